The number of phenolic OH excluding ortho intramolecular Hbond substituents is 2. The first-order chi connectivity index (χ1) is 8.24. The van der Waals surface area contributed by atoms with E-state index in [0.29, 0.717) is 12.2 Å². The van der Waals surface area contributed by atoms with E-state index in [9.17, 15) is 15.5 Å². The quantitative estimate of drug-likeness (QED) is 0.154. The second-order valence-corrected chi connectivity index (χ2v) is 4.36. The third kappa shape index (κ3) is 7.48. The van der Waals surface area contributed by atoms with Crippen LogP contribution in [0.1, 0.15) is 24.8 Å². The predicted octanol–water partition coefficient (Wildman–Crippen LogP) is -1.31. The van der Waals surface area contributed by atoms with E-state index in [4.69, 9.17) is 0 Å². The number of unbranched alkanes of at least 4 members (excludes halogenated alkanes) is 2. The van der Waals surface area contributed by atoms with Gasteiger partial charge in [-0.15, -0.1) is 0 Å². The summed E-state index contributed by atoms with van der Waals surface area (Å²) in [5.41, 5.74) is 0.747. The summed E-state index contributed by atoms with van der Waals surface area (Å²) in [5.74, 6) is 1.06. The third-order valence-electron chi connectivity index (χ3n) is 2.31. The molecule has 0 heterocycles. The van der Waals surface area contributed by atoms with Crippen molar-refractivity contribution >= 4 is 12.0 Å². The number of aryl methyl sites for hydroxylation is 1. The smallest absolute Gasteiger partial charge is 0.691 e. The Morgan fingerprint density at radius 2 is 1.94 bits per heavy atom. The number of aromatic hydroxyl groups is 2. The van der Waals surface area contributed by atoms with Crippen molar-refractivity contribution in [2.75, 3.05) is 5.75 Å². The molecular weight excluding hydrogens is 267 g/mol. The van der Waals surface area contributed by atoms with Gasteiger partial charge in [0.25, 0.3) is 0 Å². The van der Waals surface area contributed by atoms with E-state index in [-0.39, 0.29) is 41.1 Å². The molecule has 0 aliphatic heterocycles. The van der Waals surface area contributed by atoms with Crippen LogP contribution in [0.2, 0.25) is 0 Å². The van der Waals surface area contributed by atoms with E-state index in [1.54, 1.807) is 6.07 Å². The first-order valence-corrected chi connectivity index (χ1v) is 6.24. The number of rotatable bonds is 8. The number of phenols is 2. The standard InChI is InChI=1S/C11H16O5S.Na/c12-10-5-6-11(13)9(8-10)4-2-1-3-7-17-16-15-14;/h5-6,8,12-14H,1-4,7H2;/q;+1/p-1. The SMILES string of the molecule is [Na+].[O-]OOSCCCCCc1cc(O)ccc1O. The van der Waals surface area contributed by atoms with Crippen LogP contribution in [-0.2, 0) is 15.8 Å². The van der Waals surface area contributed by atoms with Gasteiger partial charge in [-0.3, -0.25) is 5.04 Å². The summed E-state index contributed by atoms with van der Waals surface area (Å²) in [6.45, 7) is 0. The summed E-state index contributed by atoms with van der Waals surface area (Å²) in [4.78, 5) is 0. The molecule has 0 amide bonds. The van der Waals surface area contributed by atoms with Crippen LogP contribution >= 0.6 is 12.0 Å². The summed E-state index contributed by atoms with van der Waals surface area (Å²) < 4.78 is 4.12. The fourth-order valence-electron chi connectivity index (χ4n) is 1.48. The third-order valence-corrected chi connectivity index (χ3v) is 2.92. The number of hydrogen-bond acceptors (Lipinski definition) is 6. The molecule has 96 valence electrons. The van der Waals surface area contributed by atoms with Crippen LogP contribution in [0.15, 0.2) is 18.2 Å². The average molecular weight is 282 g/mol. The maximum absolute atomic E-state index is 9.52. The molecule has 0 aliphatic rings. The Balaban J connectivity index is 0.00000289. The molecule has 1 rings (SSSR count). The maximum Gasteiger partial charge on any atom is 1.00 e. The molecule has 18 heavy (non-hydrogen) atoms. The Morgan fingerprint density at radius 3 is 2.67 bits per heavy atom. The van der Waals surface area contributed by atoms with E-state index in [0.717, 1.165) is 36.9 Å². The molecule has 2 N–H and O–H groups in total. The summed E-state index contributed by atoms with van der Waals surface area (Å²) in [5, 5.41) is 31.5. The molecule has 1 aromatic carbocycles. The summed E-state index contributed by atoms with van der Waals surface area (Å²) in [6, 6.07) is 4.51. The van der Waals surface area contributed by atoms with Crippen LogP contribution < -0.4 is 34.8 Å². The second kappa shape index (κ2) is 10.9. The molecule has 0 aromatic heterocycles. The van der Waals surface area contributed by atoms with Gasteiger partial charge in [0.15, 0.2) is 0 Å². The molecular formula is C11H15NaO5S. The molecule has 0 saturated heterocycles. The molecule has 0 radical (unpaired) electrons. The van der Waals surface area contributed by atoms with Gasteiger partial charge >= 0.3 is 29.6 Å². The largest absolute Gasteiger partial charge is 1.00 e. The van der Waals surface area contributed by atoms with Gasteiger partial charge in [-0.2, -0.15) is 4.33 Å². The fourth-order valence-corrected chi connectivity index (χ4v) is 1.91. The second-order valence-electron chi connectivity index (χ2n) is 3.58. The zero-order chi connectivity index (χ0) is 12.5. The fraction of sp³-hybridized carbons (Fsp3) is 0.455. The molecule has 5 nitrogen and oxygen atoms in total. The summed E-state index contributed by atoms with van der Waals surface area (Å²) in [7, 11) is 0. The molecule has 0 fully saturated rings. The van der Waals surface area contributed by atoms with E-state index in [2.05, 4.69) is 9.37 Å². The van der Waals surface area contributed by atoms with Gasteiger partial charge in [0.05, 0.1) is 0 Å². The van der Waals surface area contributed by atoms with Crippen LogP contribution in [0, 0.1) is 0 Å². The van der Waals surface area contributed by atoms with Gasteiger partial charge < -0.3 is 15.5 Å². The molecule has 7 heteroatoms. The van der Waals surface area contributed by atoms with Crippen molar-refractivity contribution in [3.05, 3.63) is 23.8 Å². The Morgan fingerprint density at radius 1 is 1.17 bits per heavy atom. The van der Waals surface area contributed by atoms with Crippen LogP contribution in [0.3, 0.4) is 0 Å². The monoisotopic (exact) mass is 282 g/mol. The zero-order valence-corrected chi connectivity index (χ0v) is 13.1. The summed E-state index contributed by atoms with van der Waals surface area (Å²) >= 11 is 0.981. The zero-order valence-electron chi connectivity index (χ0n) is 10.3. The van der Waals surface area contributed by atoms with E-state index in [1.165, 1.54) is 12.1 Å². The van der Waals surface area contributed by atoms with Crippen molar-refractivity contribution < 1.29 is 54.4 Å². The van der Waals surface area contributed by atoms with E-state index in [1.807, 2.05) is 0 Å². The predicted molar refractivity (Wildman–Crippen MR) is 62.0 cm³/mol. The van der Waals surface area contributed by atoms with Crippen molar-refractivity contribution in [3.63, 3.8) is 0 Å². The van der Waals surface area contributed by atoms with Gasteiger partial charge in [0.2, 0.25) is 0 Å². The Kier molecular flexibility index (Phi) is 11.0. The molecule has 0 atom stereocenters. The minimum absolute atomic E-state index is 0. The van der Waals surface area contributed by atoms with Gasteiger partial charge in [0, 0.05) is 17.8 Å². The topological polar surface area (TPSA) is 82.0 Å². The van der Waals surface area contributed by atoms with Crippen molar-refractivity contribution in [1.29, 1.82) is 0 Å². The van der Waals surface area contributed by atoms with Crippen molar-refractivity contribution in [1.82, 2.24) is 0 Å². The first-order valence-electron chi connectivity index (χ1n) is 5.33. The average Bonchev–Trinajstić information content (AvgIpc) is 2.32. The van der Waals surface area contributed by atoms with Crippen LogP contribution in [0.25, 0.3) is 0 Å². The van der Waals surface area contributed by atoms with Gasteiger partial charge in [0.1, 0.15) is 11.5 Å². The Bertz CT molecular complexity index is 337. The molecule has 1 aromatic rings. The van der Waals surface area contributed by atoms with Gasteiger partial charge in [-0.25, -0.2) is 0 Å². The molecule has 0 aliphatic carbocycles. The van der Waals surface area contributed by atoms with Gasteiger partial charge in [-0.05, 0) is 43.0 Å². The molecule has 0 unspecified atom stereocenters. The molecule has 0 saturated carbocycles. The van der Waals surface area contributed by atoms with Crippen LogP contribution in [0.5, 0.6) is 11.5 Å². The van der Waals surface area contributed by atoms with E-state index >= 15 is 0 Å². The van der Waals surface area contributed by atoms with Crippen LogP contribution in [-0.4, -0.2) is 16.0 Å². The van der Waals surface area contributed by atoms with Crippen molar-refractivity contribution in [2.45, 2.75) is 25.7 Å². The Labute approximate surface area is 132 Å². The van der Waals surface area contributed by atoms with Crippen molar-refractivity contribution in [2.24, 2.45) is 0 Å². The molecule has 0 spiro atoms. The first kappa shape index (κ1) is 18.0. The minimum atomic E-state index is 0. The van der Waals surface area contributed by atoms with Crippen molar-refractivity contribution in [3.8, 4) is 11.5 Å². The minimum Gasteiger partial charge on any atom is -0.691 e. The number of hydrogen-bond donors (Lipinski definition) is 2. The van der Waals surface area contributed by atoms with E-state index < -0.39 is 0 Å². The Hall–Kier alpha value is 0.0500. The molecule has 0 bridgehead atoms. The maximum atomic E-state index is 9.52. The normalized spacial score (nSPS) is 10.1. The number of benzene rings is 1. The van der Waals surface area contributed by atoms with Crippen LogP contribution in [0.4, 0.5) is 0 Å². The summed E-state index contributed by atoms with van der Waals surface area (Å²) in [6.07, 6.45) is 3.46. The van der Waals surface area contributed by atoms with Gasteiger partial charge in [-0.1, -0.05) is 6.42 Å².